The van der Waals surface area contributed by atoms with Gasteiger partial charge in [0.25, 0.3) is 10.0 Å². The molecule has 2 rings (SSSR count). The third-order valence-corrected chi connectivity index (χ3v) is 11.9. The van der Waals surface area contributed by atoms with Crippen LogP contribution in [0, 0.1) is 6.92 Å². The van der Waals surface area contributed by atoms with E-state index in [1.165, 1.54) is 3.97 Å². The Kier molecular flexibility index (Phi) is 6.19. The Balaban J connectivity index is 2.47. The maximum Gasteiger partial charge on any atom is 0.268 e. The van der Waals surface area contributed by atoms with Gasteiger partial charge in [-0.3, -0.25) is 0 Å². The minimum absolute atomic E-state index is 0.101. The molecule has 0 saturated heterocycles. The lowest BCUT2D eigenvalue weighted by atomic mass is 10.0. The van der Waals surface area contributed by atoms with Gasteiger partial charge in [0.15, 0.2) is 8.32 Å². The molecule has 4 nitrogen and oxygen atoms in total. The van der Waals surface area contributed by atoms with E-state index in [0.29, 0.717) is 17.0 Å². The molecule has 0 aliphatic heterocycles. The van der Waals surface area contributed by atoms with Crippen molar-refractivity contribution < 1.29 is 12.8 Å². The van der Waals surface area contributed by atoms with Gasteiger partial charge in [-0.2, -0.15) is 0 Å². The van der Waals surface area contributed by atoms with Crippen LogP contribution in [0.25, 0.3) is 13.2 Å². The summed E-state index contributed by atoms with van der Waals surface area (Å²) in [7, 11) is -5.73. The number of benzene rings is 1. The summed E-state index contributed by atoms with van der Waals surface area (Å²) < 4.78 is 33.8. The summed E-state index contributed by atoms with van der Waals surface area (Å²) in [6.07, 6.45) is 2.54. The Labute approximate surface area is 170 Å². The Bertz CT molecular complexity index is 1050. The zero-order valence-electron chi connectivity index (χ0n) is 18.2. The fraction of sp³-hybridized carbons (Fsp3) is 0.455. The van der Waals surface area contributed by atoms with Crippen LogP contribution < -0.4 is 10.6 Å². The maximum absolute atomic E-state index is 13.1. The van der Waals surface area contributed by atoms with Gasteiger partial charge in [-0.25, -0.2) is 12.4 Å². The van der Waals surface area contributed by atoms with E-state index >= 15 is 0 Å². The summed E-state index contributed by atoms with van der Waals surface area (Å²) in [6.45, 7) is 22.9. The summed E-state index contributed by atoms with van der Waals surface area (Å²) >= 11 is 0. The number of rotatable bonds is 7. The first kappa shape index (κ1) is 22.7. The predicted octanol–water partition coefficient (Wildman–Crippen LogP) is 3.81. The molecule has 0 atom stereocenters. The van der Waals surface area contributed by atoms with Crippen molar-refractivity contribution in [3.05, 3.63) is 52.2 Å². The number of aromatic nitrogens is 1. The van der Waals surface area contributed by atoms with Crippen LogP contribution in [0.4, 0.5) is 0 Å². The molecule has 0 unspecified atom stereocenters. The second-order valence-corrected chi connectivity index (χ2v) is 15.4. The molecule has 0 aliphatic rings. The monoisotopic (exact) mass is 419 g/mol. The van der Waals surface area contributed by atoms with Gasteiger partial charge in [0.05, 0.1) is 10.2 Å². The van der Waals surface area contributed by atoms with E-state index in [2.05, 4.69) is 53.9 Å². The summed E-state index contributed by atoms with van der Waals surface area (Å²) in [5, 5.41) is 0.990. The Morgan fingerprint density at radius 1 is 1.14 bits per heavy atom. The van der Waals surface area contributed by atoms with E-state index in [4.69, 9.17) is 4.43 Å². The Hall–Kier alpha value is -1.63. The molecular weight excluding hydrogens is 386 g/mol. The van der Waals surface area contributed by atoms with Crippen LogP contribution in [-0.2, 0) is 20.9 Å². The number of hydrogen-bond acceptors (Lipinski definition) is 3. The quantitative estimate of drug-likeness (QED) is 0.641. The van der Waals surface area contributed by atoms with E-state index in [1.54, 1.807) is 30.5 Å². The molecule has 0 N–H and O–H groups in total. The first-order valence-electron chi connectivity index (χ1n) is 9.57. The van der Waals surface area contributed by atoms with Crippen LogP contribution in [-0.4, -0.2) is 26.8 Å². The van der Waals surface area contributed by atoms with Gasteiger partial charge in [0, 0.05) is 12.3 Å². The molecule has 0 bridgehead atoms. The van der Waals surface area contributed by atoms with Crippen molar-refractivity contribution in [3.8, 4) is 0 Å². The van der Waals surface area contributed by atoms with Gasteiger partial charge in [-0.05, 0) is 68.2 Å². The predicted molar refractivity (Wildman–Crippen MR) is 120 cm³/mol. The lowest BCUT2D eigenvalue weighted by Crippen LogP contribution is -2.46. The highest BCUT2D eigenvalue weighted by atomic mass is 32.2. The SMILES string of the molecule is C=c1c(CC(C)(C)[Si](C)(C)OC(C)C)cn(S(=O)(=O)c2ccc(C)cc2)c1=C. The van der Waals surface area contributed by atoms with Crippen LogP contribution in [0.5, 0.6) is 0 Å². The lowest BCUT2D eigenvalue weighted by Gasteiger charge is -2.40. The van der Waals surface area contributed by atoms with Gasteiger partial charge in [-0.15, -0.1) is 0 Å². The smallest absolute Gasteiger partial charge is 0.268 e. The minimum Gasteiger partial charge on any atom is -0.414 e. The Morgan fingerprint density at radius 3 is 2.18 bits per heavy atom. The molecule has 0 saturated carbocycles. The first-order chi connectivity index (χ1) is 12.7. The highest BCUT2D eigenvalue weighted by Crippen LogP contribution is 2.41. The van der Waals surface area contributed by atoms with Crippen molar-refractivity contribution in [2.24, 2.45) is 0 Å². The number of aryl methyl sites for hydroxylation is 1. The molecule has 0 fully saturated rings. The molecule has 0 amide bonds. The van der Waals surface area contributed by atoms with Crippen molar-refractivity contribution in [1.29, 1.82) is 0 Å². The van der Waals surface area contributed by atoms with E-state index in [0.717, 1.165) is 11.1 Å². The standard InChI is InChI=1S/C22H33NO3SSi/c1-16(2)26-28(8,9)22(6,7)14-20-15-23(19(5)18(20)4)27(24,25)21-12-10-17(3)11-13-21/h10-13,15-16H,4-5,14H2,1-3,6-9H3. The van der Waals surface area contributed by atoms with Gasteiger partial charge >= 0.3 is 0 Å². The zero-order chi connectivity index (χ0) is 21.5. The molecular formula is C22H33NO3SSi. The fourth-order valence-corrected chi connectivity index (χ4v) is 6.73. The van der Waals surface area contributed by atoms with Crippen LogP contribution >= 0.6 is 0 Å². The number of hydrogen-bond donors (Lipinski definition) is 0. The van der Waals surface area contributed by atoms with Crippen LogP contribution in [0.3, 0.4) is 0 Å². The average molecular weight is 420 g/mol. The summed E-state index contributed by atoms with van der Waals surface area (Å²) in [6, 6.07) is 6.85. The average Bonchev–Trinajstić information content (AvgIpc) is 2.82. The van der Waals surface area contributed by atoms with Crippen molar-refractivity contribution in [2.75, 3.05) is 0 Å². The summed E-state index contributed by atoms with van der Waals surface area (Å²) in [5.41, 5.74) is 1.91. The molecule has 1 heterocycles. The zero-order valence-corrected chi connectivity index (χ0v) is 20.0. The molecule has 1 aromatic carbocycles. The molecule has 28 heavy (non-hydrogen) atoms. The third kappa shape index (κ3) is 4.34. The van der Waals surface area contributed by atoms with Crippen molar-refractivity contribution in [2.45, 2.75) is 70.2 Å². The van der Waals surface area contributed by atoms with Crippen LogP contribution in [0.1, 0.15) is 38.8 Å². The van der Waals surface area contributed by atoms with Crippen molar-refractivity contribution >= 4 is 31.5 Å². The maximum atomic E-state index is 13.1. The van der Waals surface area contributed by atoms with E-state index in [-0.39, 0.29) is 16.0 Å². The van der Waals surface area contributed by atoms with Crippen LogP contribution in [0.2, 0.25) is 18.1 Å². The second-order valence-electron chi connectivity index (χ2n) is 8.93. The Morgan fingerprint density at radius 2 is 1.68 bits per heavy atom. The highest BCUT2D eigenvalue weighted by Gasteiger charge is 2.42. The highest BCUT2D eigenvalue weighted by molar-refractivity contribution is 7.90. The summed E-state index contributed by atoms with van der Waals surface area (Å²) in [5.74, 6) is 0. The van der Waals surface area contributed by atoms with E-state index in [9.17, 15) is 8.42 Å². The lowest BCUT2D eigenvalue weighted by molar-refractivity contribution is 0.215. The van der Waals surface area contributed by atoms with Gasteiger partial charge < -0.3 is 4.43 Å². The molecule has 1 aromatic heterocycles. The normalized spacial score (nSPS) is 13.3. The van der Waals surface area contributed by atoms with E-state index < -0.39 is 18.3 Å². The molecule has 154 valence electrons. The number of nitrogens with zero attached hydrogens (tertiary/aromatic N) is 1. The molecule has 0 radical (unpaired) electrons. The van der Waals surface area contributed by atoms with Crippen molar-refractivity contribution in [3.63, 3.8) is 0 Å². The van der Waals surface area contributed by atoms with Gasteiger partial charge in [0.2, 0.25) is 0 Å². The molecule has 0 aliphatic carbocycles. The largest absolute Gasteiger partial charge is 0.414 e. The fourth-order valence-electron chi connectivity index (χ4n) is 3.24. The third-order valence-electron chi connectivity index (χ3n) is 5.65. The molecule has 2 aromatic rings. The topological polar surface area (TPSA) is 48.3 Å². The molecule has 6 heteroatoms. The van der Waals surface area contributed by atoms with Gasteiger partial charge in [0.1, 0.15) is 0 Å². The minimum atomic E-state index is -3.70. The second kappa shape index (κ2) is 7.65. The van der Waals surface area contributed by atoms with Crippen LogP contribution in [0.15, 0.2) is 35.4 Å². The van der Waals surface area contributed by atoms with Crippen molar-refractivity contribution in [1.82, 2.24) is 3.97 Å². The van der Waals surface area contributed by atoms with E-state index in [1.807, 2.05) is 6.92 Å². The summed E-state index contributed by atoms with van der Waals surface area (Å²) in [4.78, 5) is 0.252. The first-order valence-corrected chi connectivity index (χ1v) is 13.9. The van der Waals surface area contributed by atoms with Gasteiger partial charge in [-0.1, -0.05) is 44.7 Å². The molecule has 0 spiro atoms.